The Morgan fingerprint density at radius 3 is 1.95 bits per heavy atom. The van der Waals surface area contributed by atoms with Gasteiger partial charge in [-0.3, -0.25) is 9.59 Å². The molecular weight excluding hydrogens is 276 g/mol. The van der Waals surface area contributed by atoms with E-state index in [0.717, 1.165) is 12.1 Å². The molecule has 3 N–H and O–H groups in total. The molecule has 0 unspecified atom stereocenters. The topological polar surface area (TPSA) is 104 Å². The number of ether oxygens (including phenoxy) is 1. The number of carbonyl (C=O) groups excluding carboxylic acids is 2. The second-order valence-electron chi connectivity index (χ2n) is 4.55. The van der Waals surface area contributed by atoms with E-state index in [9.17, 15) is 24.9 Å². The Morgan fingerprint density at radius 2 is 1.38 bits per heavy atom. The molecule has 0 amide bonds. The summed E-state index contributed by atoms with van der Waals surface area (Å²) in [6, 6.07) is 4.93. The average molecular weight is 286 g/mol. The number of carbonyl (C=O) groups is 2. The molecule has 1 aliphatic carbocycles. The number of ketones is 2. The molecular formula is C15H10O6. The summed E-state index contributed by atoms with van der Waals surface area (Å²) in [5.41, 5.74) is -0.882. The van der Waals surface area contributed by atoms with Crippen molar-refractivity contribution in [1.82, 2.24) is 0 Å². The van der Waals surface area contributed by atoms with Gasteiger partial charge in [-0.05, 0) is 24.3 Å². The minimum Gasteiger partial charge on any atom is -0.507 e. The van der Waals surface area contributed by atoms with Crippen LogP contribution in [0.25, 0.3) is 0 Å². The lowest BCUT2D eigenvalue weighted by Crippen LogP contribution is -2.21. The van der Waals surface area contributed by atoms with Crippen molar-refractivity contribution in [2.24, 2.45) is 0 Å². The summed E-state index contributed by atoms with van der Waals surface area (Å²) in [5.74, 6) is -2.66. The fraction of sp³-hybridized carbons (Fsp3) is 0.0667. The second kappa shape index (κ2) is 4.24. The van der Waals surface area contributed by atoms with Crippen LogP contribution < -0.4 is 4.74 Å². The zero-order chi connectivity index (χ0) is 15.3. The fourth-order valence-corrected chi connectivity index (χ4v) is 2.46. The first-order valence-corrected chi connectivity index (χ1v) is 6.01. The summed E-state index contributed by atoms with van der Waals surface area (Å²) in [7, 11) is 1.31. The summed E-state index contributed by atoms with van der Waals surface area (Å²) in [6.07, 6.45) is 0. The number of rotatable bonds is 1. The highest BCUT2D eigenvalue weighted by atomic mass is 16.5. The summed E-state index contributed by atoms with van der Waals surface area (Å²) >= 11 is 0. The molecule has 6 heteroatoms. The third-order valence-electron chi connectivity index (χ3n) is 3.45. The van der Waals surface area contributed by atoms with Crippen molar-refractivity contribution in [3.05, 3.63) is 46.5 Å². The Labute approximate surface area is 118 Å². The molecule has 2 aromatic rings. The van der Waals surface area contributed by atoms with Crippen molar-refractivity contribution >= 4 is 11.6 Å². The first-order chi connectivity index (χ1) is 9.97. The van der Waals surface area contributed by atoms with Crippen LogP contribution in [0.2, 0.25) is 0 Å². The summed E-state index contributed by atoms with van der Waals surface area (Å²) in [4.78, 5) is 24.9. The highest BCUT2D eigenvalue weighted by Crippen LogP contribution is 2.42. The molecule has 0 atom stereocenters. The zero-order valence-electron chi connectivity index (χ0n) is 10.9. The van der Waals surface area contributed by atoms with Crippen molar-refractivity contribution < 1.29 is 29.6 Å². The molecule has 2 aromatic carbocycles. The third kappa shape index (κ3) is 1.59. The lowest BCUT2D eigenvalue weighted by Gasteiger charge is -2.20. The fourth-order valence-electron chi connectivity index (χ4n) is 2.46. The molecule has 106 valence electrons. The maximum atomic E-state index is 12.5. The maximum absolute atomic E-state index is 12.5. The number of methoxy groups -OCH3 is 1. The van der Waals surface area contributed by atoms with Gasteiger partial charge in [0.05, 0.1) is 23.8 Å². The molecule has 0 bridgehead atoms. The summed E-state index contributed by atoms with van der Waals surface area (Å²) in [5, 5.41) is 29.7. The van der Waals surface area contributed by atoms with E-state index in [1.165, 1.54) is 19.2 Å². The normalized spacial score (nSPS) is 12.8. The van der Waals surface area contributed by atoms with Gasteiger partial charge in [-0.25, -0.2) is 0 Å². The third-order valence-corrected chi connectivity index (χ3v) is 3.45. The highest BCUT2D eigenvalue weighted by molar-refractivity contribution is 6.31. The van der Waals surface area contributed by atoms with Crippen LogP contribution in [0.1, 0.15) is 31.8 Å². The van der Waals surface area contributed by atoms with Crippen molar-refractivity contribution in [2.75, 3.05) is 7.11 Å². The number of hydrogen-bond donors (Lipinski definition) is 3. The molecule has 6 nitrogen and oxygen atoms in total. The molecule has 1 aliphatic rings. The van der Waals surface area contributed by atoms with Gasteiger partial charge in [-0.2, -0.15) is 0 Å². The average Bonchev–Trinajstić information content (AvgIpc) is 2.46. The molecule has 3 rings (SSSR count). The van der Waals surface area contributed by atoms with Gasteiger partial charge >= 0.3 is 0 Å². The number of phenolic OH excluding ortho intramolecular Hbond substituents is 3. The van der Waals surface area contributed by atoms with E-state index >= 15 is 0 Å². The Bertz CT molecular complexity index is 806. The van der Waals surface area contributed by atoms with E-state index in [1.54, 1.807) is 0 Å². The quantitative estimate of drug-likeness (QED) is 0.587. The Hall–Kier alpha value is -3.02. The van der Waals surface area contributed by atoms with Crippen molar-refractivity contribution in [1.29, 1.82) is 0 Å². The summed E-state index contributed by atoms with van der Waals surface area (Å²) < 4.78 is 4.91. The van der Waals surface area contributed by atoms with Gasteiger partial charge in [0.15, 0.2) is 17.3 Å². The Kier molecular flexibility index (Phi) is 2.62. The molecule has 0 radical (unpaired) electrons. The van der Waals surface area contributed by atoms with Gasteiger partial charge in [0, 0.05) is 5.56 Å². The van der Waals surface area contributed by atoms with Gasteiger partial charge in [0.2, 0.25) is 5.78 Å². The zero-order valence-corrected chi connectivity index (χ0v) is 10.9. The first-order valence-electron chi connectivity index (χ1n) is 6.01. The van der Waals surface area contributed by atoms with Crippen LogP contribution in [-0.2, 0) is 0 Å². The van der Waals surface area contributed by atoms with E-state index < -0.39 is 28.8 Å². The maximum Gasteiger partial charge on any atom is 0.202 e. The molecule has 0 aliphatic heterocycles. The van der Waals surface area contributed by atoms with E-state index in [0.29, 0.717) is 0 Å². The number of aromatic hydroxyl groups is 3. The number of benzene rings is 2. The molecule has 0 fully saturated rings. The predicted octanol–water partition coefficient (Wildman–Crippen LogP) is 1.59. The van der Waals surface area contributed by atoms with Crippen LogP contribution >= 0.6 is 0 Å². The Morgan fingerprint density at radius 1 is 0.810 bits per heavy atom. The van der Waals surface area contributed by atoms with Crippen LogP contribution in [0.5, 0.6) is 23.0 Å². The van der Waals surface area contributed by atoms with Crippen LogP contribution in [0.4, 0.5) is 0 Å². The van der Waals surface area contributed by atoms with Gasteiger partial charge in [-0.15, -0.1) is 0 Å². The van der Waals surface area contributed by atoms with E-state index in [4.69, 9.17) is 4.74 Å². The number of fused-ring (bicyclic) bond motifs is 2. The SMILES string of the molecule is COc1ccc2c(c1O)C(=O)c1c(O)ccc(O)c1C2=O. The largest absolute Gasteiger partial charge is 0.507 e. The smallest absolute Gasteiger partial charge is 0.202 e. The van der Waals surface area contributed by atoms with Gasteiger partial charge in [0.1, 0.15) is 11.5 Å². The monoisotopic (exact) mass is 286 g/mol. The van der Waals surface area contributed by atoms with Crippen LogP contribution in [0.15, 0.2) is 24.3 Å². The minimum atomic E-state index is -0.746. The highest BCUT2D eigenvalue weighted by Gasteiger charge is 2.37. The minimum absolute atomic E-state index is 0.0398. The molecule has 0 spiro atoms. The van der Waals surface area contributed by atoms with Crippen LogP contribution in [0.3, 0.4) is 0 Å². The van der Waals surface area contributed by atoms with Gasteiger partial charge in [0.25, 0.3) is 0 Å². The van der Waals surface area contributed by atoms with Crippen molar-refractivity contribution in [2.45, 2.75) is 0 Å². The number of hydrogen-bond acceptors (Lipinski definition) is 6. The predicted molar refractivity (Wildman–Crippen MR) is 71.3 cm³/mol. The van der Waals surface area contributed by atoms with E-state index in [2.05, 4.69) is 0 Å². The molecule has 0 heterocycles. The number of phenols is 3. The molecule has 21 heavy (non-hydrogen) atoms. The first kappa shape index (κ1) is 13.0. The van der Waals surface area contributed by atoms with Crippen molar-refractivity contribution in [3.8, 4) is 23.0 Å². The second-order valence-corrected chi connectivity index (χ2v) is 4.55. The molecule has 0 saturated heterocycles. The van der Waals surface area contributed by atoms with E-state index in [-0.39, 0.29) is 28.0 Å². The molecule has 0 aromatic heterocycles. The van der Waals surface area contributed by atoms with Crippen LogP contribution in [0, 0.1) is 0 Å². The van der Waals surface area contributed by atoms with Gasteiger partial charge < -0.3 is 20.1 Å². The van der Waals surface area contributed by atoms with E-state index in [1.807, 2.05) is 0 Å². The lowest BCUT2D eigenvalue weighted by molar-refractivity contribution is 0.0971. The van der Waals surface area contributed by atoms with Gasteiger partial charge in [-0.1, -0.05) is 0 Å². The summed E-state index contributed by atoms with van der Waals surface area (Å²) in [6.45, 7) is 0. The molecule has 0 saturated carbocycles. The van der Waals surface area contributed by atoms with Crippen LogP contribution in [-0.4, -0.2) is 34.0 Å². The lowest BCUT2D eigenvalue weighted by atomic mass is 9.82. The van der Waals surface area contributed by atoms with Crippen molar-refractivity contribution in [3.63, 3.8) is 0 Å². The standard InChI is InChI=1S/C15H10O6/c1-21-9-5-2-6-10(14(9)19)15(20)12-8(17)4-3-7(16)11(12)13(6)18/h2-5,16-17,19H,1H3. The Balaban J connectivity index is 2.39.